The molecule has 4 N–H and O–H groups in total. The lowest BCUT2D eigenvalue weighted by Crippen LogP contribution is -2.67. The molecule has 1 aromatic carbocycles. The van der Waals surface area contributed by atoms with Crippen LogP contribution in [0.5, 0.6) is 0 Å². The van der Waals surface area contributed by atoms with Crippen LogP contribution in [0.3, 0.4) is 0 Å². The number of halogens is 2. The van der Waals surface area contributed by atoms with E-state index in [9.17, 15) is 9.18 Å². The van der Waals surface area contributed by atoms with E-state index in [4.69, 9.17) is 18.2 Å². The lowest BCUT2D eigenvalue weighted by Gasteiger charge is -2.71. The molecule has 0 spiro atoms. The van der Waals surface area contributed by atoms with Crippen LogP contribution in [0.25, 0.3) is 0 Å². The summed E-state index contributed by atoms with van der Waals surface area (Å²) in [7, 11) is 0. The SMILES string of the molecule is C=C(/C=C\C=C/C)[C@@]12CC3(C(=O)N[C@H]4CCN[C@H](C)C4)CC(c4ccc([C@]56CC7CC(C(=O)N[C@H]8CCN[C@H](C)C8)(C[C@](CCCl)(C7)C5)C6)cc4)(C[C@@](CCF)(C3)C1)C2. The molecule has 11 rings (SSSR count). The molecule has 2 amide bonds. The summed E-state index contributed by atoms with van der Waals surface area (Å²) in [6, 6.07) is 10.9. The van der Waals surface area contributed by atoms with Crippen molar-refractivity contribution in [3.63, 3.8) is 0 Å². The zero-order valence-electron chi connectivity index (χ0n) is 36.3. The number of carbonyl (C=O) groups is 2. The number of alkyl halides is 2. The van der Waals surface area contributed by atoms with Crippen LogP contribution in [0, 0.1) is 33.0 Å². The summed E-state index contributed by atoms with van der Waals surface area (Å²) in [5, 5.41) is 14.3. The number of amides is 2. The highest BCUT2D eigenvalue weighted by atomic mass is 35.5. The van der Waals surface area contributed by atoms with Gasteiger partial charge in [-0.2, -0.15) is 0 Å². The molecule has 0 aromatic heterocycles. The van der Waals surface area contributed by atoms with E-state index < -0.39 is 5.41 Å². The van der Waals surface area contributed by atoms with Crippen LogP contribution in [-0.2, 0) is 20.4 Å². The summed E-state index contributed by atoms with van der Waals surface area (Å²) >= 11 is 6.62. The molecule has 322 valence electrons. The molecular formula is C51H72ClFN4O2. The molecule has 2 heterocycles. The Morgan fingerprint density at radius 3 is 1.95 bits per heavy atom. The van der Waals surface area contributed by atoms with Crippen molar-refractivity contribution < 1.29 is 14.0 Å². The molecule has 1 aromatic rings. The first kappa shape index (κ1) is 41.9. The summed E-state index contributed by atoms with van der Waals surface area (Å²) in [6.07, 6.45) is 25.1. The highest BCUT2D eigenvalue weighted by molar-refractivity contribution is 6.17. The maximum atomic E-state index is 15.0. The van der Waals surface area contributed by atoms with E-state index in [2.05, 4.69) is 77.6 Å². The van der Waals surface area contributed by atoms with Gasteiger partial charge in [-0.15, -0.1) is 11.6 Å². The van der Waals surface area contributed by atoms with E-state index in [0.29, 0.717) is 36.2 Å². The Bertz CT molecular complexity index is 1870. The van der Waals surface area contributed by atoms with Crippen molar-refractivity contribution in [3.05, 3.63) is 71.8 Å². The summed E-state index contributed by atoms with van der Waals surface area (Å²) in [5.74, 6) is 1.65. The van der Waals surface area contributed by atoms with E-state index in [1.165, 1.54) is 17.5 Å². The van der Waals surface area contributed by atoms with Gasteiger partial charge in [0.15, 0.2) is 0 Å². The first-order valence-corrected chi connectivity index (χ1v) is 24.1. The molecule has 12 atom stereocenters. The van der Waals surface area contributed by atoms with Gasteiger partial charge in [-0.25, -0.2) is 0 Å². The van der Waals surface area contributed by atoms with Gasteiger partial charge in [0.05, 0.1) is 17.5 Å². The second kappa shape index (κ2) is 15.4. The minimum absolute atomic E-state index is 0.0557. The first-order chi connectivity index (χ1) is 28.2. The third-order valence-electron chi connectivity index (χ3n) is 17.9. The fourth-order valence-electron chi connectivity index (χ4n) is 16.7. The number of hydrogen-bond donors (Lipinski definition) is 4. The molecular weight excluding hydrogens is 755 g/mol. The molecule has 8 heteroatoms. The van der Waals surface area contributed by atoms with Crippen molar-refractivity contribution in [3.8, 4) is 0 Å². The Morgan fingerprint density at radius 2 is 1.32 bits per heavy atom. The second-order valence-electron chi connectivity index (χ2n) is 22.4. The van der Waals surface area contributed by atoms with Crippen molar-refractivity contribution in [1.29, 1.82) is 0 Å². The van der Waals surface area contributed by atoms with Crippen LogP contribution in [0.4, 0.5) is 4.39 Å². The predicted molar refractivity (Wildman–Crippen MR) is 237 cm³/mol. The molecule has 8 aliphatic carbocycles. The lowest BCUT2D eigenvalue weighted by molar-refractivity contribution is -0.179. The molecule has 0 radical (unpaired) electrons. The molecule has 2 aliphatic heterocycles. The maximum absolute atomic E-state index is 15.0. The number of nitrogens with one attached hydrogen (secondary N) is 4. The summed E-state index contributed by atoms with van der Waals surface area (Å²) in [5.41, 5.74) is 2.08. The molecule has 8 bridgehead atoms. The monoisotopic (exact) mass is 827 g/mol. The first-order valence-electron chi connectivity index (χ1n) is 23.6. The normalized spacial score (nSPS) is 44.7. The van der Waals surface area contributed by atoms with Crippen LogP contribution in [0.15, 0.2) is 60.7 Å². The number of rotatable bonds is 13. The third kappa shape index (κ3) is 7.31. The van der Waals surface area contributed by atoms with Crippen molar-refractivity contribution in [1.82, 2.24) is 21.3 Å². The maximum Gasteiger partial charge on any atom is 0.226 e. The Kier molecular flexibility index (Phi) is 10.9. The van der Waals surface area contributed by atoms with Crippen molar-refractivity contribution in [2.75, 3.05) is 25.6 Å². The number of piperidine rings is 2. The van der Waals surface area contributed by atoms with Gasteiger partial charge in [0, 0.05) is 30.0 Å². The van der Waals surface area contributed by atoms with Crippen LogP contribution in [0.1, 0.15) is 147 Å². The predicted octanol–water partition coefficient (Wildman–Crippen LogP) is 9.66. The Morgan fingerprint density at radius 1 is 0.746 bits per heavy atom. The van der Waals surface area contributed by atoms with E-state index in [1.807, 2.05) is 13.0 Å². The van der Waals surface area contributed by atoms with Gasteiger partial charge >= 0.3 is 0 Å². The molecule has 10 aliphatic rings. The number of benzene rings is 1. The second-order valence-corrected chi connectivity index (χ2v) is 22.8. The standard InChI is InChI=1S/C51H72ClFN4O2/c1-5-6-7-8-35(2)49-28-46(16-18-53)29-50(32-49,34-51(30-46,33-49)44(59)57-42-14-20-55-37(4)22-42)40-11-9-39(10-12-40)47-24-38-23-45(26-47,15-17-52)27-48(25-38,31-47)43(58)56-41-13-19-54-36(3)21-41/h5-12,36-38,41-42,54-55H,2,13-34H2,1,3-4H3,(H,56,58)(H,57,59)/b6-5-,8-7-/t36-,37-,38?,41+,42+,45-,46+,47-,48?,49+,50?,51?/m1/s1. The van der Waals surface area contributed by atoms with Crippen LogP contribution in [-0.4, -0.2) is 61.6 Å². The number of carbonyl (C=O) groups excluding carboxylic acids is 2. The van der Waals surface area contributed by atoms with E-state index >= 15 is 4.79 Å². The number of hydrogen-bond acceptors (Lipinski definition) is 4. The largest absolute Gasteiger partial charge is 0.353 e. The van der Waals surface area contributed by atoms with Gasteiger partial charge in [0.25, 0.3) is 0 Å². The fraction of sp³-hybridized carbons (Fsp3) is 0.725. The van der Waals surface area contributed by atoms with Gasteiger partial charge in [-0.05, 0) is 199 Å². The Hall–Kier alpha value is -2.48. The Balaban J connectivity index is 1.07. The minimum atomic E-state index is -0.576. The highest BCUT2D eigenvalue weighted by Gasteiger charge is 2.71. The molecule has 10 fully saturated rings. The van der Waals surface area contributed by atoms with E-state index in [-0.39, 0.29) is 57.2 Å². The van der Waals surface area contributed by atoms with Gasteiger partial charge in [-0.1, -0.05) is 55.1 Å². The average molecular weight is 828 g/mol. The van der Waals surface area contributed by atoms with Gasteiger partial charge < -0.3 is 21.3 Å². The van der Waals surface area contributed by atoms with Crippen LogP contribution < -0.4 is 21.3 Å². The number of allylic oxidation sites excluding steroid dienone is 5. The van der Waals surface area contributed by atoms with E-state index in [1.54, 1.807) is 0 Å². The minimum Gasteiger partial charge on any atom is -0.353 e. The van der Waals surface area contributed by atoms with Crippen molar-refractivity contribution >= 4 is 23.4 Å². The zero-order valence-corrected chi connectivity index (χ0v) is 37.1. The summed E-state index contributed by atoms with van der Waals surface area (Å²) in [4.78, 5) is 29.7. The van der Waals surface area contributed by atoms with Crippen molar-refractivity contribution in [2.24, 2.45) is 33.0 Å². The van der Waals surface area contributed by atoms with Gasteiger partial charge in [0.2, 0.25) is 11.8 Å². The van der Waals surface area contributed by atoms with Crippen LogP contribution >= 0.6 is 11.6 Å². The van der Waals surface area contributed by atoms with Gasteiger partial charge in [-0.3, -0.25) is 14.0 Å². The highest BCUT2D eigenvalue weighted by Crippen LogP contribution is 2.77. The molecule has 2 saturated heterocycles. The quantitative estimate of drug-likeness (QED) is 0.118. The zero-order chi connectivity index (χ0) is 41.3. The molecule has 4 unspecified atom stereocenters. The van der Waals surface area contributed by atoms with Crippen LogP contribution in [0.2, 0.25) is 0 Å². The fourth-order valence-corrected chi connectivity index (χ4v) is 17.1. The average Bonchev–Trinajstić information content (AvgIpc) is 3.17. The third-order valence-corrected chi connectivity index (χ3v) is 18.1. The van der Waals surface area contributed by atoms with Crippen molar-refractivity contribution in [2.45, 2.75) is 171 Å². The summed E-state index contributed by atoms with van der Waals surface area (Å²) < 4.78 is 14.9. The summed E-state index contributed by atoms with van der Waals surface area (Å²) in [6.45, 7) is 12.7. The molecule has 6 nitrogen and oxygen atoms in total. The van der Waals surface area contributed by atoms with Gasteiger partial charge in [0.1, 0.15) is 0 Å². The van der Waals surface area contributed by atoms with E-state index in [0.717, 1.165) is 121 Å². The molecule has 8 saturated carbocycles. The topological polar surface area (TPSA) is 82.3 Å². The Labute approximate surface area is 359 Å². The molecule has 59 heavy (non-hydrogen) atoms. The smallest absolute Gasteiger partial charge is 0.226 e. The lowest BCUT2D eigenvalue weighted by atomic mass is 9.33.